The molecule has 1 N–H and O–H groups in total. The number of nitro benzene ring substituents is 1. The average molecular weight is 457 g/mol. The van der Waals surface area contributed by atoms with Crippen LogP contribution in [0.15, 0.2) is 42.5 Å². The average Bonchev–Trinajstić information content (AvgIpc) is 3.23. The SMILES string of the molecule is Cc1ccc(CNC(=O)c2nnc(/C(Cl)=C/c3ccc(C(C)C)c([N+](=O)[O-])c3)s2)cc1. The second-order valence-electron chi connectivity index (χ2n) is 7.30. The number of carbonyl (C=O) groups is 1. The van der Waals surface area contributed by atoms with Crippen LogP contribution in [0.2, 0.25) is 0 Å². The number of rotatable bonds is 7. The van der Waals surface area contributed by atoms with Gasteiger partial charge >= 0.3 is 0 Å². The molecule has 7 nitrogen and oxygen atoms in total. The summed E-state index contributed by atoms with van der Waals surface area (Å²) in [6, 6.07) is 12.8. The van der Waals surface area contributed by atoms with Crippen molar-refractivity contribution in [2.75, 3.05) is 0 Å². The number of aromatic nitrogens is 2. The Morgan fingerprint density at radius 1 is 1.19 bits per heavy atom. The minimum Gasteiger partial charge on any atom is -0.346 e. The summed E-state index contributed by atoms with van der Waals surface area (Å²) in [7, 11) is 0. The molecule has 0 spiro atoms. The second kappa shape index (κ2) is 9.80. The number of benzene rings is 2. The standard InChI is InChI=1S/C22H21ClN4O3S/c1-13(2)17-9-8-16(11-19(17)27(29)30)10-18(23)21-25-26-22(31-21)20(28)24-12-15-6-4-14(3)5-7-15/h4-11,13H,12H2,1-3H3,(H,24,28)/b18-10-. The summed E-state index contributed by atoms with van der Waals surface area (Å²) >= 11 is 7.40. The zero-order valence-corrected chi connectivity index (χ0v) is 18.8. The third-order valence-electron chi connectivity index (χ3n) is 4.56. The Hall–Kier alpha value is -3.10. The number of nitro groups is 1. The van der Waals surface area contributed by atoms with E-state index in [0.29, 0.717) is 22.7 Å². The van der Waals surface area contributed by atoms with E-state index in [1.54, 1.807) is 18.2 Å². The summed E-state index contributed by atoms with van der Waals surface area (Å²) < 4.78 is 0. The van der Waals surface area contributed by atoms with Gasteiger partial charge < -0.3 is 5.32 Å². The lowest BCUT2D eigenvalue weighted by molar-refractivity contribution is -0.385. The van der Waals surface area contributed by atoms with Crippen LogP contribution in [0, 0.1) is 17.0 Å². The maximum absolute atomic E-state index is 12.4. The number of carbonyl (C=O) groups excluding carboxylic acids is 1. The van der Waals surface area contributed by atoms with Gasteiger partial charge in [0.25, 0.3) is 11.6 Å². The van der Waals surface area contributed by atoms with Crippen molar-refractivity contribution >= 4 is 45.6 Å². The van der Waals surface area contributed by atoms with Crippen LogP contribution in [-0.2, 0) is 6.54 Å². The normalized spacial score (nSPS) is 11.6. The van der Waals surface area contributed by atoms with Crippen molar-refractivity contribution < 1.29 is 9.72 Å². The Balaban J connectivity index is 1.73. The molecular formula is C22H21ClN4O3S. The number of hydrogen-bond acceptors (Lipinski definition) is 6. The largest absolute Gasteiger partial charge is 0.346 e. The first kappa shape index (κ1) is 22.6. The van der Waals surface area contributed by atoms with Gasteiger partial charge in [0.05, 0.1) is 9.96 Å². The highest BCUT2D eigenvalue weighted by Crippen LogP contribution is 2.30. The van der Waals surface area contributed by atoms with Crippen LogP contribution >= 0.6 is 22.9 Å². The molecule has 1 aromatic heterocycles. The van der Waals surface area contributed by atoms with E-state index in [2.05, 4.69) is 15.5 Å². The number of amides is 1. The minimum absolute atomic E-state index is 0.0260. The summed E-state index contributed by atoms with van der Waals surface area (Å²) in [5.41, 5.74) is 3.40. The predicted molar refractivity (Wildman–Crippen MR) is 123 cm³/mol. The van der Waals surface area contributed by atoms with E-state index < -0.39 is 4.92 Å². The monoisotopic (exact) mass is 456 g/mol. The molecule has 1 amide bonds. The molecule has 31 heavy (non-hydrogen) atoms. The molecule has 3 aromatic rings. The molecule has 9 heteroatoms. The van der Waals surface area contributed by atoms with Gasteiger partial charge in [0.15, 0.2) is 5.01 Å². The highest BCUT2D eigenvalue weighted by Gasteiger charge is 2.18. The number of nitrogens with zero attached hydrogens (tertiary/aromatic N) is 3. The number of nitrogens with one attached hydrogen (secondary N) is 1. The predicted octanol–water partition coefficient (Wildman–Crippen LogP) is 5.55. The Morgan fingerprint density at radius 3 is 2.52 bits per heavy atom. The van der Waals surface area contributed by atoms with Crippen LogP contribution in [-0.4, -0.2) is 21.0 Å². The van der Waals surface area contributed by atoms with Crippen LogP contribution in [0.25, 0.3) is 11.1 Å². The van der Waals surface area contributed by atoms with Gasteiger partial charge in [-0.2, -0.15) is 0 Å². The maximum atomic E-state index is 12.4. The lowest BCUT2D eigenvalue weighted by atomic mass is 9.99. The van der Waals surface area contributed by atoms with Crippen molar-refractivity contribution in [2.45, 2.75) is 33.2 Å². The van der Waals surface area contributed by atoms with E-state index in [0.717, 1.165) is 22.5 Å². The van der Waals surface area contributed by atoms with E-state index in [1.807, 2.05) is 45.0 Å². The Morgan fingerprint density at radius 2 is 1.87 bits per heavy atom. The van der Waals surface area contributed by atoms with E-state index in [-0.39, 0.29) is 27.6 Å². The molecule has 2 aromatic carbocycles. The van der Waals surface area contributed by atoms with E-state index in [9.17, 15) is 14.9 Å². The molecule has 3 rings (SSSR count). The quantitative estimate of drug-likeness (QED) is 0.371. The van der Waals surface area contributed by atoms with Crippen molar-refractivity contribution in [3.05, 3.63) is 84.8 Å². The molecule has 1 heterocycles. The fourth-order valence-electron chi connectivity index (χ4n) is 2.88. The first-order valence-electron chi connectivity index (χ1n) is 9.57. The van der Waals surface area contributed by atoms with Crippen LogP contribution in [0.3, 0.4) is 0 Å². The first-order valence-corrected chi connectivity index (χ1v) is 10.8. The van der Waals surface area contributed by atoms with Gasteiger partial charge in [-0.15, -0.1) is 10.2 Å². The molecule has 0 unspecified atom stereocenters. The van der Waals surface area contributed by atoms with Crippen molar-refractivity contribution in [1.29, 1.82) is 0 Å². The van der Waals surface area contributed by atoms with Crippen LogP contribution in [0.5, 0.6) is 0 Å². The van der Waals surface area contributed by atoms with E-state index in [4.69, 9.17) is 11.6 Å². The van der Waals surface area contributed by atoms with Crippen molar-refractivity contribution in [1.82, 2.24) is 15.5 Å². The number of hydrogen-bond donors (Lipinski definition) is 1. The Labute approximate surface area is 188 Å². The molecule has 0 saturated heterocycles. The topological polar surface area (TPSA) is 98.0 Å². The molecule has 0 saturated carbocycles. The number of halogens is 1. The molecule has 0 aliphatic rings. The molecule has 160 valence electrons. The van der Waals surface area contributed by atoms with Gasteiger partial charge in [-0.25, -0.2) is 0 Å². The fraction of sp³-hybridized carbons (Fsp3) is 0.227. The van der Waals surface area contributed by atoms with Gasteiger partial charge in [0.2, 0.25) is 5.01 Å². The second-order valence-corrected chi connectivity index (χ2v) is 8.69. The molecular weight excluding hydrogens is 436 g/mol. The molecule has 0 fully saturated rings. The summed E-state index contributed by atoms with van der Waals surface area (Å²) in [5.74, 6) is -0.316. The van der Waals surface area contributed by atoms with Crippen LogP contribution in [0.1, 0.15) is 56.8 Å². The van der Waals surface area contributed by atoms with Crippen molar-refractivity contribution in [3.8, 4) is 0 Å². The smallest absolute Gasteiger partial charge is 0.282 e. The highest BCUT2D eigenvalue weighted by atomic mass is 35.5. The first-order chi connectivity index (χ1) is 14.7. The zero-order chi connectivity index (χ0) is 22.5. The number of aryl methyl sites for hydroxylation is 1. The molecule has 0 bridgehead atoms. The van der Waals surface area contributed by atoms with Crippen molar-refractivity contribution in [2.24, 2.45) is 0 Å². The van der Waals surface area contributed by atoms with Gasteiger partial charge in [0.1, 0.15) is 0 Å². The van der Waals surface area contributed by atoms with Gasteiger partial charge in [0, 0.05) is 18.2 Å². The minimum atomic E-state index is -0.401. The molecule has 0 atom stereocenters. The lowest BCUT2D eigenvalue weighted by Gasteiger charge is -2.07. The van der Waals surface area contributed by atoms with E-state index >= 15 is 0 Å². The summed E-state index contributed by atoms with van der Waals surface area (Å²) in [6.45, 7) is 6.18. The van der Waals surface area contributed by atoms with Gasteiger partial charge in [-0.3, -0.25) is 14.9 Å². The lowest BCUT2D eigenvalue weighted by Crippen LogP contribution is -2.22. The van der Waals surface area contributed by atoms with Gasteiger partial charge in [-0.1, -0.05) is 78.7 Å². The summed E-state index contributed by atoms with van der Waals surface area (Å²) in [4.78, 5) is 23.3. The van der Waals surface area contributed by atoms with E-state index in [1.165, 1.54) is 6.07 Å². The maximum Gasteiger partial charge on any atom is 0.282 e. The van der Waals surface area contributed by atoms with Crippen LogP contribution < -0.4 is 5.32 Å². The highest BCUT2D eigenvalue weighted by molar-refractivity contribution is 7.15. The summed E-state index contributed by atoms with van der Waals surface area (Å²) in [5, 5.41) is 22.9. The van der Waals surface area contributed by atoms with Crippen molar-refractivity contribution in [3.63, 3.8) is 0 Å². The summed E-state index contributed by atoms with van der Waals surface area (Å²) in [6.07, 6.45) is 1.58. The molecule has 0 aliphatic carbocycles. The molecule has 0 aliphatic heterocycles. The van der Waals surface area contributed by atoms with Gasteiger partial charge in [-0.05, 0) is 30.0 Å². The third kappa shape index (κ3) is 5.74. The fourth-order valence-corrected chi connectivity index (χ4v) is 3.83. The zero-order valence-electron chi connectivity index (χ0n) is 17.3. The molecule has 0 radical (unpaired) electrons. The van der Waals surface area contributed by atoms with Crippen LogP contribution in [0.4, 0.5) is 5.69 Å². The Kier molecular flexibility index (Phi) is 7.14. The Bertz CT molecular complexity index is 1140. The third-order valence-corrected chi connectivity index (χ3v) is 5.92.